The number of carbonyl (C=O) groups is 1. The monoisotopic (exact) mass is 366 g/mol. The zero-order valence-electron chi connectivity index (χ0n) is 13.6. The van der Waals surface area contributed by atoms with Crippen LogP contribution in [0.25, 0.3) is 21.3 Å². The number of fused-ring (bicyclic) bond motifs is 1. The highest BCUT2D eigenvalue weighted by Gasteiger charge is 2.15. The van der Waals surface area contributed by atoms with Gasteiger partial charge in [0.05, 0.1) is 28.7 Å². The molecule has 0 spiro atoms. The molecule has 0 aliphatic heterocycles. The Hall–Kier alpha value is -3.26. The number of aromatic nitrogens is 4. The molecule has 8 heteroatoms. The molecule has 7 nitrogen and oxygen atoms in total. The number of benzene rings is 1. The average molecular weight is 366 g/mol. The molecule has 26 heavy (non-hydrogen) atoms. The fourth-order valence-corrected chi connectivity index (χ4v) is 3.65. The van der Waals surface area contributed by atoms with Crippen molar-refractivity contribution in [1.82, 2.24) is 19.3 Å². The largest absolute Gasteiger partial charge is 0.478 e. The molecule has 0 saturated heterocycles. The molecular formula is C18H14N4O3S. The number of thiophene rings is 1. The Morgan fingerprint density at radius 1 is 1.19 bits per heavy atom. The van der Waals surface area contributed by atoms with Crippen LogP contribution in [0, 0.1) is 0 Å². The van der Waals surface area contributed by atoms with Crippen molar-refractivity contribution in [1.29, 1.82) is 0 Å². The summed E-state index contributed by atoms with van der Waals surface area (Å²) in [6.45, 7) is 0.958. The summed E-state index contributed by atoms with van der Waals surface area (Å²) in [5, 5.41) is 16.6. The van der Waals surface area contributed by atoms with E-state index >= 15 is 0 Å². The van der Waals surface area contributed by atoms with E-state index in [4.69, 9.17) is 5.11 Å². The van der Waals surface area contributed by atoms with Crippen molar-refractivity contribution in [3.05, 3.63) is 70.4 Å². The first-order valence-electron chi connectivity index (χ1n) is 7.91. The second-order valence-electron chi connectivity index (χ2n) is 5.73. The number of imidazole rings is 1. The fourth-order valence-electron chi connectivity index (χ4n) is 2.77. The minimum atomic E-state index is -0.981. The van der Waals surface area contributed by atoms with E-state index in [2.05, 4.69) is 10.1 Å². The molecule has 3 heterocycles. The van der Waals surface area contributed by atoms with E-state index in [1.807, 2.05) is 29.0 Å². The molecule has 0 atom stereocenters. The molecule has 0 unspecified atom stereocenters. The molecule has 0 bridgehead atoms. The van der Waals surface area contributed by atoms with Gasteiger partial charge in [-0.05, 0) is 12.1 Å². The van der Waals surface area contributed by atoms with Gasteiger partial charge in [0.2, 0.25) is 0 Å². The molecule has 4 rings (SSSR count). The highest BCUT2D eigenvalue weighted by molar-refractivity contribution is 7.13. The van der Waals surface area contributed by atoms with Gasteiger partial charge in [-0.3, -0.25) is 4.79 Å². The number of carboxylic acid groups (broad SMARTS) is 1. The summed E-state index contributed by atoms with van der Waals surface area (Å²) in [6, 6.07) is 8.84. The molecule has 0 radical (unpaired) electrons. The van der Waals surface area contributed by atoms with Crippen LogP contribution in [0.1, 0.15) is 10.4 Å². The maximum atomic E-state index is 12.8. The van der Waals surface area contributed by atoms with Gasteiger partial charge in [-0.1, -0.05) is 18.2 Å². The first kappa shape index (κ1) is 16.2. The second-order valence-corrected chi connectivity index (χ2v) is 6.64. The summed E-state index contributed by atoms with van der Waals surface area (Å²) < 4.78 is 3.30. The van der Waals surface area contributed by atoms with Gasteiger partial charge in [-0.15, -0.1) is 11.3 Å². The summed E-state index contributed by atoms with van der Waals surface area (Å²) in [6.07, 6.45) is 5.19. The van der Waals surface area contributed by atoms with Crippen molar-refractivity contribution < 1.29 is 9.90 Å². The molecule has 0 fully saturated rings. The Kier molecular flexibility index (Phi) is 4.10. The first-order chi connectivity index (χ1) is 12.6. The predicted octanol–water partition coefficient (Wildman–Crippen LogP) is 2.72. The Bertz CT molecular complexity index is 1140. The van der Waals surface area contributed by atoms with E-state index in [0.29, 0.717) is 24.2 Å². The van der Waals surface area contributed by atoms with Crippen LogP contribution in [0.4, 0.5) is 0 Å². The van der Waals surface area contributed by atoms with Crippen molar-refractivity contribution in [2.75, 3.05) is 0 Å². The van der Waals surface area contributed by atoms with Crippen LogP contribution in [-0.2, 0) is 13.1 Å². The molecule has 1 N–H and O–H groups in total. The molecule has 0 saturated carbocycles. The minimum absolute atomic E-state index is 0.167. The lowest BCUT2D eigenvalue weighted by molar-refractivity contribution is 0.0697. The summed E-state index contributed by atoms with van der Waals surface area (Å²) in [5.41, 5.74) is 0.662. The number of hydrogen-bond donors (Lipinski definition) is 1. The SMILES string of the molecule is O=C(O)c1csc(-c2nn(CCn3ccnc3)c(=O)c3ccccc23)c1. The van der Waals surface area contributed by atoms with Crippen LogP contribution in [-0.4, -0.2) is 30.4 Å². The molecule has 4 aromatic rings. The number of aryl methyl sites for hydroxylation is 2. The van der Waals surface area contributed by atoms with Crippen LogP contribution in [0.15, 0.2) is 59.2 Å². The van der Waals surface area contributed by atoms with Gasteiger partial charge in [-0.25, -0.2) is 14.5 Å². The minimum Gasteiger partial charge on any atom is -0.478 e. The van der Waals surface area contributed by atoms with Crippen molar-refractivity contribution in [3.8, 4) is 10.6 Å². The summed E-state index contributed by atoms with van der Waals surface area (Å²) >= 11 is 1.30. The van der Waals surface area contributed by atoms with Gasteiger partial charge < -0.3 is 9.67 Å². The third-order valence-electron chi connectivity index (χ3n) is 4.08. The standard InChI is InChI=1S/C18H14N4O3S/c23-17-14-4-2-1-3-13(14)16(15-9-12(10-26-15)18(24)25)20-22(17)8-7-21-6-5-19-11-21/h1-6,9-11H,7-8H2,(H,24,25). The van der Waals surface area contributed by atoms with Crippen molar-refractivity contribution in [2.24, 2.45) is 0 Å². The van der Waals surface area contributed by atoms with E-state index in [1.54, 1.807) is 30.0 Å². The highest BCUT2D eigenvalue weighted by atomic mass is 32.1. The molecule has 0 aliphatic carbocycles. The smallest absolute Gasteiger partial charge is 0.336 e. The normalized spacial score (nSPS) is 11.1. The van der Waals surface area contributed by atoms with Gasteiger partial charge in [0, 0.05) is 29.7 Å². The maximum Gasteiger partial charge on any atom is 0.336 e. The number of hydrogen-bond acceptors (Lipinski definition) is 5. The Labute approximate surface area is 151 Å². The van der Waals surface area contributed by atoms with Crippen molar-refractivity contribution >= 4 is 28.1 Å². The van der Waals surface area contributed by atoms with Crippen LogP contribution < -0.4 is 5.56 Å². The maximum absolute atomic E-state index is 12.8. The quantitative estimate of drug-likeness (QED) is 0.586. The van der Waals surface area contributed by atoms with Crippen LogP contribution in [0.3, 0.4) is 0 Å². The number of nitrogens with zero attached hydrogens (tertiary/aromatic N) is 4. The van der Waals surface area contributed by atoms with E-state index in [0.717, 1.165) is 10.3 Å². The van der Waals surface area contributed by atoms with E-state index in [-0.39, 0.29) is 11.1 Å². The third-order valence-corrected chi connectivity index (χ3v) is 5.01. The predicted molar refractivity (Wildman–Crippen MR) is 98.5 cm³/mol. The van der Waals surface area contributed by atoms with Crippen LogP contribution in [0.2, 0.25) is 0 Å². The van der Waals surface area contributed by atoms with Crippen molar-refractivity contribution in [3.63, 3.8) is 0 Å². The highest BCUT2D eigenvalue weighted by Crippen LogP contribution is 2.30. The second kappa shape index (κ2) is 6.57. The third kappa shape index (κ3) is 2.91. The molecule has 0 aliphatic rings. The lowest BCUT2D eigenvalue weighted by Gasteiger charge is -2.10. The number of carboxylic acids is 1. The fraction of sp³-hybridized carbons (Fsp3) is 0.111. The number of aromatic carboxylic acids is 1. The zero-order chi connectivity index (χ0) is 18.1. The summed E-state index contributed by atoms with van der Waals surface area (Å²) in [5.74, 6) is -0.981. The Morgan fingerprint density at radius 2 is 2.00 bits per heavy atom. The average Bonchev–Trinajstić information content (AvgIpc) is 3.33. The molecule has 0 amide bonds. The van der Waals surface area contributed by atoms with Crippen LogP contribution >= 0.6 is 11.3 Å². The zero-order valence-corrected chi connectivity index (χ0v) is 14.4. The molecule has 1 aromatic carbocycles. The summed E-state index contributed by atoms with van der Waals surface area (Å²) in [4.78, 5) is 28.7. The van der Waals surface area contributed by atoms with Crippen molar-refractivity contribution in [2.45, 2.75) is 13.1 Å². The number of rotatable bonds is 5. The summed E-state index contributed by atoms with van der Waals surface area (Å²) in [7, 11) is 0. The van der Waals surface area contributed by atoms with Gasteiger partial charge in [0.15, 0.2) is 0 Å². The van der Waals surface area contributed by atoms with Gasteiger partial charge in [0.1, 0.15) is 5.69 Å². The Balaban J connectivity index is 1.83. The Morgan fingerprint density at radius 3 is 2.69 bits per heavy atom. The lowest BCUT2D eigenvalue weighted by Crippen LogP contribution is -2.25. The first-order valence-corrected chi connectivity index (χ1v) is 8.79. The molecule has 3 aromatic heterocycles. The van der Waals surface area contributed by atoms with E-state index in [9.17, 15) is 9.59 Å². The van der Waals surface area contributed by atoms with Gasteiger partial charge in [0.25, 0.3) is 5.56 Å². The topological polar surface area (TPSA) is 90.0 Å². The molecular weight excluding hydrogens is 352 g/mol. The van der Waals surface area contributed by atoms with E-state index < -0.39 is 5.97 Å². The van der Waals surface area contributed by atoms with E-state index in [1.165, 1.54) is 16.0 Å². The van der Waals surface area contributed by atoms with Crippen LogP contribution in [0.5, 0.6) is 0 Å². The van der Waals surface area contributed by atoms with Gasteiger partial charge in [-0.2, -0.15) is 5.10 Å². The lowest BCUT2D eigenvalue weighted by atomic mass is 10.1. The van der Waals surface area contributed by atoms with Gasteiger partial charge >= 0.3 is 5.97 Å². The molecule has 130 valence electrons.